The van der Waals surface area contributed by atoms with E-state index in [1.807, 2.05) is 24.3 Å². The molecule has 84 valence electrons. The molecule has 0 aliphatic carbocycles. The number of hydrogen-bond donors (Lipinski definition) is 0. The maximum Gasteiger partial charge on any atom is 0.148 e. The van der Waals surface area contributed by atoms with Crippen LogP contribution in [-0.4, -0.2) is 11.0 Å². The van der Waals surface area contributed by atoms with Gasteiger partial charge in [-0.05, 0) is 35.0 Å². The minimum atomic E-state index is 0.324. The van der Waals surface area contributed by atoms with Crippen molar-refractivity contribution >= 4 is 28.7 Å². The average Bonchev–Trinajstić information content (AvgIpc) is 2.33. The second kappa shape index (κ2) is 8.23. The highest BCUT2D eigenvalue weighted by molar-refractivity contribution is 14.1. The Hall–Kier alpha value is -0.950. The fraction of sp³-hybridized carbons (Fsp3) is 0.286. The smallest absolute Gasteiger partial charge is 0.148 e. The fourth-order valence-corrected chi connectivity index (χ4v) is 1.65. The lowest BCUT2D eigenvalue weighted by molar-refractivity contribution is 0.370. The Morgan fingerprint density at radius 2 is 2.06 bits per heavy atom. The second-order valence-electron chi connectivity index (χ2n) is 3.30. The minimum Gasteiger partial charge on any atom is -0.481 e. The molecule has 0 heterocycles. The molecule has 0 aromatic heterocycles. The van der Waals surface area contributed by atoms with E-state index in [1.54, 1.807) is 0 Å². The van der Waals surface area contributed by atoms with Gasteiger partial charge in [0, 0.05) is 0 Å². The van der Waals surface area contributed by atoms with Gasteiger partial charge in [-0.2, -0.15) is 0 Å². The first-order valence-electron chi connectivity index (χ1n) is 5.25. The van der Waals surface area contributed by atoms with E-state index in [2.05, 4.69) is 40.7 Å². The van der Waals surface area contributed by atoms with Crippen molar-refractivity contribution in [2.24, 2.45) is 0 Å². The van der Waals surface area contributed by atoms with Crippen LogP contribution in [0.5, 0.6) is 5.75 Å². The summed E-state index contributed by atoms with van der Waals surface area (Å²) >= 11 is 2.39. The number of halogens is 1. The maximum atomic E-state index is 5.29. The molecule has 0 aliphatic heterocycles. The van der Waals surface area contributed by atoms with Crippen molar-refractivity contribution in [1.29, 1.82) is 0 Å². The van der Waals surface area contributed by atoms with Gasteiger partial charge in [0.1, 0.15) is 12.4 Å². The van der Waals surface area contributed by atoms with Gasteiger partial charge < -0.3 is 4.74 Å². The molecule has 1 rings (SSSR count). The Kier molecular flexibility index (Phi) is 6.75. The summed E-state index contributed by atoms with van der Waals surface area (Å²) in [5.74, 6) is 3.26. The summed E-state index contributed by atoms with van der Waals surface area (Å²) < 4.78 is 6.50. The van der Waals surface area contributed by atoms with Crippen LogP contribution in [-0.2, 0) is 0 Å². The number of hydrogen-bond acceptors (Lipinski definition) is 1. The molecule has 1 aromatic rings. The molecule has 0 radical (unpaired) electrons. The third kappa shape index (κ3) is 5.22. The molecule has 0 N–H and O–H groups in total. The number of benzene rings is 1. The highest BCUT2D eigenvalue weighted by atomic mass is 127. The van der Waals surface area contributed by atoms with Gasteiger partial charge in [0.15, 0.2) is 0 Å². The molecule has 0 bridgehead atoms. The van der Waals surface area contributed by atoms with Crippen LogP contribution in [0, 0.1) is 12.3 Å². The van der Waals surface area contributed by atoms with Gasteiger partial charge >= 0.3 is 0 Å². The van der Waals surface area contributed by atoms with Crippen molar-refractivity contribution in [2.45, 2.75) is 12.8 Å². The summed E-state index contributed by atoms with van der Waals surface area (Å²) in [5, 5.41) is 0. The van der Waals surface area contributed by atoms with E-state index in [9.17, 15) is 0 Å². The van der Waals surface area contributed by atoms with Gasteiger partial charge in [0.25, 0.3) is 0 Å². The molecule has 0 atom stereocenters. The Bertz CT molecular complexity index is 359. The average molecular weight is 326 g/mol. The van der Waals surface area contributed by atoms with Gasteiger partial charge in [-0.25, -0.2) is 0 Å². The summed E-state index contributed by atoms with van der Waals surface area (Å²) in [6.07, 6.45) is 11.8. The highest BCUT2D eigenvalue weighted by Crippen LogP contribution is 2.13. The van der Waals surface area contributed by atoms with Crippen molar-refractivity contribution in [3.8, 4) is 18.1 Å². The van der Waals surface area contributed by atoms with E-state index < -0.39 is 0 Å². The van der Waals surface area contributed by atoms with Crippen molar-refractivity contribution in [2.75, 3.05) is 11.0 Å². The minimum absolute atomic E-state index is 0.324. The molecular formula is C14H15IO. The number of allylic oxidation sites excluding steroid dienone is 1. The van der Waals surface area contributed by atoms with Gasteiger partial charge in [-0.3, -0.25) is 0 Å². The van der Waals surface area contributed by atoms with E-state index in [1.165, 1.54) is 16.4 Å². The quantitative estimate of drug-likeness (QED) is 0.333. The first-order valence-corrected chi connectivity index (χ1v) is 6.78. The molecule has 16 heavy (non-hydrogen) atoms. The molecule has 1 aromatic carbocycles. The monoisotopic (exact) mass is 326 g/mol. The lowest BCUT2D eigenvalue weighted by Crippen LogP contribution is -1.92. The van der Waals surface area contributed by atoms with Crippen LogP contribution in [0.1, 0.15) is 18.4 Å². The first kappa shape index (κ1) is 13.1. The van der Waals surface area contributed by atoms with Gasteiger partial charge in [0.05, 0.1) is 0 Å². The number of alkyl halides is 1. The first-order chi connectivity index (χ1) is 7.86. The van der Waals surface area contributed by atoms with Crippen LogP contribution in [0.15, 0.2) is 30.3 Å². The molecule has 0 unspecified atom stereocenters. The van der Waals surface area contributed by atoms with Crippen molar-refractivity contribution in [3.63, 3.8) is 0 Å². The van der Waals surface area contributed by atoms with Crippen molar-refractivity contribution in [1.82, 2.24) is 0 Å². The Morgan fingerprint density at radius 3 is 2.69 bits per heavy atom. The summed E-state index contributed by atoms with van der Waals surface area (Å²) in [7, 11) is 0. The summed E-state index contributed by atoms with van der Waals surface area (Å²) in [6.45, 7) is 0.324. The topological polar surface area (TPSA) is 9.23 Å². The number of unbranched alkanes of at least 4 members (excludes halogenated alkanes) is 1. The number of terminal acetylenes is 1. The molecule has 2 heteroatoms. The maximum absolute atomic E-state index is 5.29. The SMILES string of the molecule is C#CCOc1ccc(/C=C/CCCI)cc1. The van der Waals surface area contributed by atoms with Crippen LogP contribution in [0.2, 0.25) is 0 Å². The van der Waals surface area contributed by atoms with Gasteiger partial charge in [-0.1, -0.05) is 52.8 Å². The summed E-state index contributed by atoms with van der Waals surface area (Å²) in [4.78, 5) is 0. The second-order valence-corrected chi connectivity index (χ2v) is 4.37. The lowest BCUT2D eigenvalue weighted by atomic mass is 10.2. The van der Waals surface area contributed by atoms with Crippen LogP contribution >= 0.6 is 22.6 Å². The Labute approximate surface area is 111 Å². The van der Waals surface area contributed by atoms with Crippen LogP contribution < -0.4 is 4.74 Å². The predicted octanol–water partition coefficient (Wildman–Crippen LogP) is 3.93. The molecule has 0 amide bonds. The van der Waals surface area contributed by atoms with E-state index in [-0.39, 0.29) is 0 Å². The fourth-order valence-electron chi connectivity index (χ4n) is 1.21. The van der Waals surface area contributed by atoms with Crippen LogP contribution in [0.3, 0.4) is 0 Å². The molecular weight excluding hydrogens is 311 g/mol. The third-order valence-corrected chi connectivity index (χ3v) is 2.78. The zero-order valence-corrected chi connectivity index (χ0v) is 11.3. The molecule has 0 saturated carbocycles. The molecule has 1 nitrogen and oxygen atoms in total. The standard InChI is InChI=1S/C14H15IO/c1-2-12-16-14-9-7-13(8-10-14)6-4-3-5-11-15/h1,4,6-10H,3,5,11-12H2/b6-4+. The van der Waals surface area contributed by atoms with Crippen LogP contribution in [0.4, 0.5) is 0 Å². The zero-order valence-electron chi connectivity index (χ0n) is 9.16. The number of rotatable bonds is 6. The number of ether oxygens (including phenoxy) is 1. The third-order valence-electron chi connectivity index (χ3n) is 2.02. The summed E-state index contributed by atoms with van der Waals surface area (Å²) in [5.41, 5.74) is 1.20. The Morgan fingerprint density at radius 1 is 1.31 bits per heavy atom. The van der Waals surface area contributed by atoms with Crippen LogP contribution in [0.25, 0.3) is 6.08 Å². The normalized spacial score (nSPS) is 10.2. The van der Waals surface area contributed by atoms with E-state index >= 15 is 0 Å². The van der Waals surface area contributed by atoms with Gasteiger partial charge in [-0.15, -0.1) is 6.42 Å². The Balaban J connectivity index is 2.45. The van der Waals surface area contributed by atoms with E-state index in [4.69, 9.17) is 11.2 Å². The lowest BCUT2D eigenvalue weighted by Gasteiger charge is -2.01. The predicted molar refractivity (Wildman–Crippen MR) is 77.9 cm³/mol. The molecule has 0 aliphatic rings. The zero-order chi connectivity index (χ0) is 11.6. The largest absolute Gasteiger partial charge is 0.481 e. The highest BCUT2D eigenvalue weighted by Gasteiger charge is 1.91. The molecule has 0 fully saturated rings. The summed E-state index contributed by atoms with van der Waals surface area (Å²) in [6, 6.07) is 7.95. The van der Waals surface area contributed by atoms with Gasteiger partial charge in [0.2, 0.25) is 0 Å². The van der Waals surface area contributed by atoms with Crippen molar-refractivity contribution in [3.05, 3.63) is 35.9 Å². The molecule has 0 spiro atoms. The van der Waals surface area contributed by atoms with E-state index in [0.717, 1.165) is 12.2 Å². The van der Waals surface area contributed by atoms with Crippen molar-refractivity contribution < 1.29 is 4.74 Å². The molecule has 0 saturated heterocycles. The van der Waals surface area contributed by atoms with E-state index in [0.29, 0.717) is 6.61 Å².